The normalized spacial score (nSPS) is 29.1. The molecule has 80 valence electrons. The molecule has 2 nitrogen and oxygen atoms in total. The molecule has 0 saturated carbocycles. The highest BCUT2D eigenvalue weighted by Gasteiger charge is 2.26. The van der Waals surface area contributed by atoms with Gasteiger partial charge in [-0.05, 0) is 33.0 Å². The second-order valence-corrected chi connectivity index (χ2v) is 4.55. The number of piperidine rings is 1. The maximum Gasteiger partial charge on any atom is 0.0214 e. The zero-order chi connectivity index (χ0) is 10.6. The van der Waals surface area contributed by atoms with E-state index in [2.05, 4.69) is 36.7 Å². The molecule has 2 unspecified atom stereocenters. The molecule has 2 atom stereocenters. The van der Waals surface area contributed by atoms with Gasteiger partial charge in [-0.3, -0.25) is 0 Å². The Balaban J connectivity index is 2.35. The van der Waals surface area contributed by atoms with Gasteiger partial charge in [0.25, 0.3) is 0 Å². The molecule has 1 saturated heterocycles. The van der Waals surface area contributed by atoms with Crippen molar-refractivity contribution in [1.82, 2.24) is 9.80 Å². The van der Waals surface area contributed by atoms with Gasteiger partial charge in [0.2, 0.25) is 0 Å². The van der Waals surface area contributed by atoms with E-state index >= 15 is 0 Å². The molecule has 1 aliphatic rings. The average Bonchev–Trinajstić information content (AvgIpc) is 2.14. The minimum absolute atomic E-state index is 0.747. The second-order valence-electron chi connectivity index (χ2n) is 4.55. The van der Waals surface area contributed by atoms with Crippen LogP contribution >= 0.6 is 0 Å². The fourth-order valence-corrected chi connectivity index (χ4v) is 2.41. The highest BCUT2D eigenvalue weighted by molar-refractivity contribution is 4.88. The summed E-state index contributed by atoms with van der Waals surface area (Å²) in [6.45, 7) is 5.81. The molecular weight excluding hydrogens is 172 g/mol. The van der Waals surface area contributed by atoms with Crippen LogP contribution < -0.4 is 0 Å². The van der Waals surface area contributed by atoms with Crippen molar-refractivity contribution >= 4 is 0 Å². The molecule has 0 aromatic carbocycles. The van der Waals surface area contributed by atoms with Crippen molar-refractivity contribution in [1.29, 1.82) is 0 Å². The number of rotatable bonds is 3. The van der Waals surface area contributed by atoms with Crippen molar-refractivity contribution in [3.8, 4) is 12.3 Å². The van der Waals surface area contributed by atoms with E-state index in [-0.39, 0.29) is 0 Å². The third kappa shape index (κ3) is 3.01. The summed E-state index contributed by atoms with van der Waals surface area (Å²) in [7, 11) is 4.36. The van der Waals surface area contributed by atoms with Crippen LogP contribution in [-0.4, -0.2) is 49.6 Å². The van der Waals surface area contributed by atoms with Gasteiger partial charge in [0.05, 0.1) is 0 Å². The smallest absolute Gasteiger partial charge is 0.0214 e. The SMILES string of the molecule is C#CCCN1CCC(N(C)C)C(C)C1. The lowest BCUT2D eigenvalue weighted by atomic mass is 9.93. The molecule has 0 amide bonds. The molecule has 14 heavy (non-hydrogen) atoms. The summed E-state index contributed by atoms with van der Waals surface area (Å²) < 4.78 is 0. The lowest BCUT2D eigenvalue weighted by Crippen LogP contribution is -2.47. The first-order valence-corrected chi connectivity index (χ1v) is 5.47. The van der Waals surface area contributed by atoms with Crippen molar-refractivity contribution in [3.63, 3.8) is 0 Å². The van der Waals surface area contributed by atoms with Gasteiger partial charge in [-0.15, -0.1) is 12.3 Å². The third-order valence-corrected chi connectivity index (χ3v) is 3.18. The topological polar surface area (TPSA) is 6.48 Å². The van der Waals surface area contributed by atoms with E-state index in [1.165, 1.54) is 19.5 Å². The molecule has 2 heteroatoms. The number of likely N-dealkylation sites (tertiary alicyclic amines) is 1. The predicted octanol–water partition coefficient (Wildman–Crippen LogP) is 1.28. The first-order chi connectivity index (χ1) is 6.65. The Kier molecular flexibility index (Phi) is 4.44. The van der Waals surface area contributed by atoms with Gasteiger partial charge in [-0.2, -0.15) is 0 Å². The molecule has 1 aliphatic heterocycles. The Morgan fingerprint density at radius 1 is 1.50 bits per heavy atom. The molecule has 0 aromatic heterocycles. The average molecular weight is 194 g/mol. The molecule has 0 aromatic rings. The number of nitrogens with zero attached hydrogens (tertiary/aromatic N) is 2. The molecule has 0 spiro atoms. The summed E-state index contributed by atoms with van der Waals surface area (Å²) in [6, 6.07) is 0.747. The van der Waals surface area contributed by atoms with E-state index in [1.54, 1.807) is 0 Å². The van der Waals surface area contributed by atoms with Crippen molar-refractivity contribution in [2.75, 3.05) is 33.7 Å². The molecule has 0 aliphatic carbocycles. The summed E-state index contributed by atoms with van der Waals surface area (Å²) in [4.78, 5) is 4.84. The largest absolute Gasteiger partial charge is 0.306 e. The van der Waals surface area contributed by atoms with Crippen LogP contribution in [0.25, 0.3) is 0 Å². The fourth-order valence-electron chi connectivity index (χ4n) is 2.41. The maximum absolute atomic E-state index is 5.27. The first kappa shape index (κ1) is 11.6. The molecule has 0 N–H and O–H groups in total. The van der Waals surface area contributed by atoms with Gasteiger partial charge < -0.3 is 9.80 Å². The van der Waals surface area contributed by atoms with Crippen LogP contribution in [0.4, 0.5) is 0 Å². The van der Waals surface area contributed by atoms with Crippen LogP contribution in [0.3, 0.4) is 0 Å². The van der Waals surface area contributed by atoms with E-state index in [4.69, 9.17) is 6.42 Å². The minimum Gasteiger partial charge on any atom is -0.306 e. The lowest BCUT2D eigenvalue weighted by molar-refractivity contribution is 0.0959. The molecule has 1 fully saturated rings. The predicted molar refractivity (Wildman–Crippen MR) is 61.1 cm³/mol. The van der Waals surface area contributed by atoms with E-state index in [9.17, 15) is 0 Å². The van der Waals surface area contributed by atoms with Gasteiger partial charge >= 0.3 is 0 Å². The summed E-state index contributed by atoms with van der Waals surface area (Å²) in [5.41, 5.74) is 0. The van der Waals surface area contributed by atoms with Crippen LogP contribution in [0.1, 0.15) is 19.8 Å². The van der Waals surface area contributed by atoms with Crippen LogP contribution in [0.15, 0.2) is 0 Å². The van der Waals surface area contributed by atoms with Gasteiger partial charge in [-0.25, -0.2) is 0 Å². The van der Waals surface area contributed by atoms with E-state index in [0.717, 1.165) is 24.9 Å². The van der Waals surface area contributed by atoms with Gasteiger partial charge in [0.1, 0.15) is 0 Å². The van der Waals surface area contributed by atoms with Gasteiger partial charge in [0.15, 0.2) is 0 Å². The fraction of sp³-hybridized carbons (Fsp3) is 0.833. The minimum atomic E-state index is 0.747. The Morgan fingerprint density at radius 3 is 2.71 bits per heavy atom. The van der Waals surface area contributed by atoms with Crippen molar-refractivity contribution in [2.45, 2.75) is 25.8 Å². The van der Waals surface area contributed by atoms with E-state index < -0.39 is 0 Å². The van der Waals surface area contributed by atoms with Gasteiger partial charge in [-0.1, -0.05) is 6.92 Å². The number of terminal acetylenes is 1. The highest BCUT2D eigenvalue weighted by atomic mass is 15.2. The van der Waals surface area contributed by atoms with Gasteiger partial charge in [0, 0.05) is 25.6 Å². The Morgan fingerprint density at radius 2 is 2.21 bits per heavy atom. The zero-order valence-electron chi connectivity index (χ0n) is 9.66. The van der Waals surface area contributed by atoms with Crippen molar-refractivity contribution in [3.05, 3.63) is 0 Å². The first-order valence-electron chi connectivity index (χ1n) is 5.47. The molecule has 0 bridgehead atoms. The number of hydrogen-bond acceptors (Lipinski definition) is 2. The molecule has 1 rings (SSSR count). The molecular formula is C12H22N2. The summed E-state index contributed by atoms with van der Waals surface area (Å²) in [5, 5.41) is 0. The lowest BCUT2D eigenvalue weighted by Gasteiger charge is -2.39. The molecule has 1 heterocycles. The number of hydrogen-bond donors (Lipinski definition) is 0. The Labute approximate surface area is 88.3 Å². The Bertz CT molecular complexity index is 205. The van der Waals surface area contributed by atoms with Crippen LogP contribution in [0.2, 0.25) is 0 Å². The highest BCUT2D eigenvalue weighted by Crippen LogP contribution is 2.20. The van der Waals surface area contributed by atoms with Crippen LogP contribution in [0.5, 0.6) is 0 Å². The van der Waals surface area contributed by atoms with Crippen molar-refractivity contribution < 1.29 is 0 Å². The van der Waals surface area contributed by atoms with Crippen molar-refractivity contribution in [2.24, 2.45) is 5.92 Å². The van der Waals surface area contributed by atoms with Crippen LogP contribution in [-0.2, 0) is 0 Å². The zero-order valence-corrected chi connectivity index (χ0v) is 9.66. The third-order valence-electron chi connectivity index (χ3n) is 3.18. The standard InChI is InChI=1S/C12H22N2/c1-5-6-8-14-9-7-12(13(3)4)11(2)10-14/h1,11-12H,6-10H2,2-4H3. The van der Waals surface area contributed by atoms with E-state index in [1.807, 2.05) is 0 Å². The second kappa shape index (κ2) is 5.38. The summed E-state index contributed by atoms with van der Waals surface area (Å²) in [6.07, 6.45) is 7.44. The monoisotopic (exact) mass is 194 g/mol. The quantitative estimate of drug-likeness (QED) is 0.625. The summed E-state index contributed by atoms with van der Waals surface area (Å²) >= 11 is 0. The Hall–Kier alpha value is -0.520. The van der Waals surface area contributed by atoms with E-state index in [0.29, 0.717) is 0 Å². The molecule has 0 radical (unpaired) electrons. The van der Waals surface area contributed by atoms with Crippen LogP contribution in [0, 0.1) is 18.3 Å². The maximum atomic E-state index is 5.27. The summed E-state index contributed by atoms with van der Waals surface area (Å²) in [5.74, 6) is 3.47.